The number of rotatable bonds is 4. The van der Waals surface area contributed by atoms with E-state index in [1.807, 2.05) is 60.7 Å². The molecule has 0 bridgehead atoms. The van der Waals surface area contributed by atoms with E-state index in [0.29, 0.717) is 28.0 Å². The maximum Gasteiger partial charge on any atom is 0.416 e. The lowest BCUT2D eigenvalue weighted by Gasteiger charge is -2.13. The number of benzene rings is 3. The van der Waals surface area contributed by atoms with Crippen molar-refractivity contribution in [3.8, 4) is 11.5 Å². The number of nitrogens with one attached hydrogen (secondary N) is 1. The third kappa shape index (κ3) is 4.32. The number of pyridine rings is 1. The van der Waals surface area contributed by atoms with Gasteiger partial charge < -0.3 is 10.1 Å². The molecule has 4 aromatic rings. The number of para-hydroxylation sites is 1. The number of alkyl halides is 3. The fourth-order valence-electron chi connectivity index (χ4n) is 3.03. The van der Waals surface area contributed by atoms with Gasteiger partial charge in [0.05, 0.1) is 11.1 Å². The topological polar surface area (TPSA) is 34.1 Å². The van der Waals surface area contributed by atoms with Gasteiger partial charge in [-0.15, -0.1) is 0 Å². The molecule has 0 spiro atoms. The first kappa shape index (κ1) is 18.8. The summed E-state index contributed by atoms with van der Waals surface area (Å²) in [5.41, 5.74) is 1.70. The average molecular weight is 394 g/mol. The monoisotopic (exact) mass is 394 g/mol. The molecule has 4 rings (SSSR count). The Hall–Kier alpha value is -3.54. The Labute approximate surface area is 165 Å². The molecule has 29 heavy (non-hydrogen) atoms. The normalized spacial score (nSPS) is 11.4. The van der Waals surface area contributed by atoms with E-state index >= 15 is 0 Å². The number of nitrogens with zero attached hydrogens (tertiary/aromatic N) is 1. The van der Waals surface area contributed by atoms with Crippen LogP contribution in [-0.2, 0) is 6.18 Å². The molecule has 1 N–H and O–H groups in total. The first-order valence-electron chi connectivity index (χ1n) is 8.97. The van der Waals surface area contributed by atoms with Crippen molar-refractivity contribution in [1.82, 2.24) is 4.98 Å². The SMILES string of the molecule is Cc1cc(Nc2ccc(Oc3ccccc3)cc2)c2ccc(C(F)(F)F)cc2n1. The summed E-state index contributed by atoms with van der Waals surface area (Å²) in [5, 5.41) is 3.88. The molecule has 146 valence electrons. The van der Waals surface area contributed by atoms with Gasteiger partial charge in [-0.25, -0.2) is 0 Å². The van der Waals surface area contributed by atoms with Gasteiger partial charge >= 0.3 is 6.18 Å². The number of aryl methyl sites for hydroxylation is 1. The van der Waals surface area contributed by atoms with Crippen LogP contribution in [0.2, 0.25) is 0 Å². The van der Waals surface area contributed by atoms with Crippen LogP contribution in [0.25, 0.3) is 10.9 Å². The Bertz CT molecular complexity index is 1140. The maximum atomic E-state index is 13.0. The van der Waals surface area contributed by atoms with Crippen LogP contribution in [0.15, 0.2) is 78.9 Å². The second-order valence-electron chi connectivity index (χ2n) is 6.61. The molecule has 0 saturated heterocycles. The Balaban J connectivity index is 1.60. The van der Waals surface area contributed by atoms with Crippen LogP contribution in [0.3, 0.4) is 0 Å². The zero-order valence-electron chi connectivity index (χ0n) is 15.5. The number of hydrogen-bond acceptors (Lipinski definition) is 3. The molecule has 0 radical (unpaired) electrons. The molecule has 0 fully saturated rings. The van der Waals surface area contributed by atoms with Gasteiger partial charge in [0.15, 0.2) is 0 Å². The minimum atomic E-state index is -4.40. The molecule has 1 aromatic heterocycles. The molecule has 0 aliphatic rings. The summed E-state index contributed by atoms with van der Waals surface area (Å²) >= 11 is 0. The van der Waals surface area contributed by atoms with Gasteiger partial charge in [0, 0.05) is 22.5 Å². The quantitative estimate of drug-likeness (QED) is 0.401. The third-order valence-electron chi connectivity index (χ3n) is 4.38. The summed E-state index contributed by atoms with van der Waals surface area (Å²) in [4.78, 5) is 4.25. The molecule has 0 aliphatic carbocycles. The van der Waals surface area contributed by atoms with Crippen LogP contribution in [-0.4, -0.2) is 4.98 Å². The van der Waals surface area contributed by atoms with E-state index in [0.717, 1.165) is 23.6 Å². The van der Waals surface area contributed by atoms with Crippen molar-refractivity contribution in [3.63, 3.8) is 0 Å². The zero-order valence-corrected chi connectivity index (χ0v) is 15.5. The average Bonchev–Trinajstić information content (AvgIpc) is 2.69. The molecule has 1 heterocycles. The standard InChI is InChI=1S/C23H17F3N2O/c1-15-13-21(20-12-7-16(23(24,25)26)14-22(20)27-15)28-17-8-10-19(11-9-17)29-18-5-3-2-4-6-18/h2-14H,1H3,(H,27,28). The summed E-state index contributed by atoms with van der Waals surface area (Å²) in [6.07, 6.45) is -4.40. The van der Waals surface area contributed by atoms with E-state index in [2.05, 4.69) is 10.3 Å². The van der Waals surface area contributed by atoms with Gasteiger partial charge in [0.1, 0.15) is 11.5 Å². The van der Waals surface area contributed by atoms with Crippen molar-refractivity contribution in [2.45, 2.75) is 13.1 Å². The summed E-state index contributed by atoms with van der Waals surface area (Å²) in [7, 11) is 0. The minimum Gasteiger partial charge on any atom is -0.457 e. The van der Waals surface area contributed by atoms with Gasteiger partial charge in [-0.3, -0.25) is 4.98 Å². The highest BCUT2D eigenvalue weighted by Gasteiger charge is 2.30. The highest BCUT2D eigenvalue weighted by Crippen LogP contribution is 2.34. The first-order chi connectivity index (χ1) is 13.9. The zero-order chi connectivity index (χ0) is 20.4. The molecule has 0 aliphatic heterocycles. The Kier molecular flexibility index (Phi) is 4.84. The van der Waals surface area contributed by atoms with Crippen LogP contribution in [0.4, 0.5) is 24.5 Å². The van der Waals surface area contributed by atoms with Crippen LogP contribution in [0.5, 0.6) is 11.5 Å². The van der Waals surface area contributed by atoms with Crippen molar-refractivity contribution < 1.29 is 17.9 Å². The van der Waals surface area contributed by atoms with Crippen molar-refractivity contribution in [2.75, 3.05) is 5.32 Å². The van der Waals surface area contributed by atoms with Gasteiger partial charge in [0.25, 0.3) is 0 Å². The number of hydrogen-bond donors (Lipinski definition) is 1. The summed E-state index contributed by atoms with van der Waals surface area (Å²) in [6, 6.07) is 22.2. The number of anilines is 2. The Morgan fingerprint density at radius 1 is 0.828 bits per heavy atom. The Morgan fingerprint density at radius 2 is 1.52 bits per heavy atom. The predicted octanol–water partition coefficient (Wildman–Crippen LogP) is 7.10. The fourth-order valence-corrected chi connectivity index (χ4v) is 3.03. The first-order valence-corrected chi connectivity index (χ1v) is 8.97. The molecular formula is C23H17F3N2O. The summed E-state index contributed by atoms with van der Waals surface area (Å²) < 4.78 is 44.8. The van der Waals surface area contributed by atoms with Gasteiger partial charge in [-0.05, 0) is 61.5 Å². The van der Waals surface area contributed by atoms with Crippen LogP contribution in [0, 0.1) is 6.92 Å². The van der Waals surface area contributed by atoms with Gasteiger partial charge in [0.2, 0.25) is 0 Å². The summed E-state index contributed by atoms with van der Waals surface area (Å²) in [6.45, 7) is 1.75. The molecule has 0 unspecified atom stereocenters. The molecule has 0 amide bonds. The largest absolute Gasteiger partial charge is 0.457 e. The van der Waals surface area contributed by atoms with Gasteiger partial charge in [-0.2, -0.15) is 13.2 Å². The Morgan fingerprint density at radius 3 is 2.21 bits per heavy atom. The van der Waals surface area contributed by atoms with E-state index in [4.69, 9.17) is 4.74 Å². The maximum absolute atomic E-state index is 13.0. The fraction of sp³-hybridized carbons (Fsp3) is 0.0870. The highest BCUT2D eigenvalue weighted by molar-refractivity contribution is 5.93. The molecular weight excluding hydrogens is 377 g/mol. The summed E-state index contributed by atoms with van der Waals surface area (Å²) in [5.74, 6) is 1.43. The predicted molar refractivity (Wildman–Crippen MR) is 108 cm³/mol. The second kappa shape index (κ2) is 7.47. The van der Waals surface area contributed by atoms with Gasteiger partial charge in [-0.1, -0.05) is 24.3 Å². The molecule has 6 heteroatoms. The van der Waals surface area contributed by atoms with E-state index in [1.165, 1.54) is 6.07 Å². The van der Waals surface area contributed by atoms with Crippen molar-refractivity contribution >= 4 is 22.3 Å². The van der Waals surface area contributed by atoms with Crippen molar-refractivity contribution in [3.05, 3.63) is 90.1 Å². The lowest BCUT2D eigenvalue weighted by molar-refractivity contribution is -0.137. The van der Waals surface area contributed by atoms with E-state index in [-0.39, 0.29) is 0 Å². The molecule has 3 nitrogen and oxygen atoms in total. The minimum absolute atomic E-state index is 0.298. The third-order valence-corrected chi connectivity index (χ3v) is 4.38. The second-order valence-corrected chi connectivity index (χ2v) is 6.61. The molecule has 0 atom stereocenters. The van der Waals surface area contributed by atoms with E-state index in [1.54, 1.807) is 6.92 Å². The smallest absolute Gasteiger partial charge is 0.416 e. The van der Waals surface area contributed by atoms with Crippen LogP contribution >= 0.6 is 0 Å². The number of halogens is 3. The molecule has 3 aromatic carbocycles. The lowest BCUT2D eigenvalue weighted by atomic mass is 10.1. The van der Waals surface area contributed by atoms with Crippen molar-refractivity contribution in [2.24, 2.45) is 0 Å². The number of ether oxygens (including phenoxy) is 1. The van der Waals surface area contributed by atoms with Crippen LogP contribution < -0.4 is 10.1 Å². The highest BCUT2D eigenvalue weighted by atomic mass is 19.4. The van der Waals surface area contributed by atoms with Crippen LogP contribution in [0.1, 0.15) is 11.3 Å². The lowest BCUT2D eigenvalue weighted by Crippen LogP contribution is -2.05. The van der Waals surface area contributed by atoms with E-state index in [9.17, 15) is 13.2 Å². The van der Waals surface area contributed by atoms with Crippen molar-refractivity contribution in [1.29, 1.82) is 0 Å². The molecule has 0 saturated carbocycles. The number of aromatic nitrogens is 1. The number of fused-ring (bicyclic) bond motifs is 1. The van der Waals surface area contributed by atoms with E-state index < -0.39 is 11.7 Å².